The number of halogens is 2. The lowest BCUT2D eigenvalue weighted by Gasteiger charge is -2.20. The molecule has 0 bridgehead atoms. The van der Waals surface area contributed by atoms with Gasteiger partial charge in [0.1, 0.15) is 12.7 Å². The minimum absolute atomic E-state index is 0.0327. The average molecular weight is 453 g/mol. The molecule has 1 fully saturated rings. The molecular weight excluding hydrogens is 435 g/mol. The lowest BCUT2D eigenvalue weighted by molar-refractivity contribution is 0.00225. The van der Waals surface area contributed by atoms with E-state index in [-0.39, 0.29) is 11.9 Å². The number of alkyl halides is 2. The first-order valence-corrected chi connectivity index (χ1v) is 10.5. The first kappa shape index (κ1) is 19.9. The van der Waals surface area contributed by atoms with Crippen LogP contribution in [0.3, 0.4) is 0 Å². The second kappa shape index (κ2) is 9.37. The molecule has 0 radical (unpaired) electrons. The van der Waals surface area contributed by atoms with Crippen LogP contribution in [0.1, 0.15) is 20.7 Å². The number of carbonyl (C=O) groups excluding carboxylic acids is 2. The zero-order valence-electron chi connectivity index (χ0n) is 14.3. The summed E-state index contributed by atoms with van der Waals surface area (Å²) < 4.78 is 25.5. The summed E-state index contributed by atoms with van der Waals surface area (Å²) in [7, 11) is 0. The Morgan fingerprint density at radius 2 is 1.48 bits per heavy atom. The van der Waals surface area contributed by atoms with E-state index in [0.29, 0.717) is 16.5 Å². The highest BCUT2D eigenvalue weighted by Gasteiger charge is 2.47. The first-order chi connectivity index (χ1) is 13.1. The van der Waals surface area contributed by atoms with Gasteiger partial charge in [0, 0.05) is 10.6 Å². The molecule has 1 saturated heterocycles. The third kappa shape index (κ3) is 4.90. The lowest BCUT2D eigenvalue weighted by atomic mass is 10.1. The van der Waals surface area contributed by atoms with E-state index in [1.54, 1.807) is 60.7 Å². The molecule has 142 valence electrons. The summed E-state index contributed by atoms with van der Waals surface area (Å²) in [4.78, 5) is 24.5. The summed E-state index contributed by atoms with van der Waals surface area (Å²) in [6, 6.07) is 17.0. The van der Waals surface area contributed by atoms with E-state index in [4.69, 9.17) is 9.47 Å². The molecule has 0 saturated carbocycles. The van der Waals surface area contributed by atoms with Crippen molar-refractivity contribution in [3.63, 3.8) is 0 Å². The predicted molar refractivity (Wildman–Crippen MR) is 106 cm³/mol. The highest BCUT2D eigenvalue weighted by atomic mass is 79.9. The van der Waals surface area contributed by atoms with E-state index >= 15 is 0 Å². The molecule has 7 heteroatoms. The predicted octanol–water partition coefficient (Wildman–Crippen LogP) is 4.29. The van der Waals surface area contributed by atoms with Crippen molar-refractivity contribution in [2.75, 3.05) is 11.9 Å². The van der Waals surface area contributed by atoms with Crippen LogP contribution in [-0.4, -0.2) is 46.7 Å². The summed E-state index contributed by atoms with van der Waals surface area (Å²) in [6.07, 6.45) is -2.32. The van der Waals surface area contributed by atoms with Crippen molar-refractivity contribution in [3.05, 3.63) is 71.8 Å². The van der Waals surface area contributed by atoms with Crippen molar-refractivity contribution in [3.8, 4) is 0 Å². The van der Waals surface area contributed by atoms with Crippen molar-refractivity contribution >= 4 is 39.6 Å². The Bertz CT molecular complexity index is 774. The van der Waals surface area contributed by atoms with E-state index in [1.165, 1.54) is 11.8 Å². The van der Waals surface area contributed by atoms with Crippen molar-refractivity contribution in [2.45, 2.75) is 22.8 Å². The number of hydrogen-bond acceptors (Lipinski definition) is 5. The zero-order valence-corrected chi connectivity index (χ0v) is 16.7. The molecule has 2 aromatic rings. The summed E-state index contributed by atoms with van der Waals surface area (Å²) >= 11 is 4.62. The molecule has 27 heavy (non-hydrogen) atoms. The number of rotatable bonds is 6. The highest BCUT2D eigenvalue weighted by Crippen LogP contribution is 2.39. The smallest absolute Gasteiger partial charge is 0.338 e. The van der Waals surface area contributed by atoms with Crippen molar-refractivity contribution < 1.29 is 23.5 Å². The summed E-state index contributed by atoms with van der Waals surface area (Å²) in [5.41, 5.74) is 0.782. The Labute approximate surface area is 169 Å². The fourth-order valence-electron chi connectivity index (χ4n) is 2.77. The standard InChI is InChI=1S/C20H18BrFO4S/c21-11-15-17(22)18(26-20(24)14-9-5-2-6-10-14)16(27-15)12-25-19(23)13-7-3-1-4-8-13/h1-10,15-18H,11-12H2/t15?,16-,17-,18-/m1/s1. The normalized spacial score (nSPS) is 24.4. The SMILES string of the molecule is O=C(OC[C@H]1SC(CBr)[C@@H](F)[C@@H]1OC(=O)c1ccccc1)c1ccccc1. The minimum Gasteiger partial charge on any atom is -0.461 e. The summed E-state index contributed by atoms with van der Waals surface area (Å²) in [5, 5.41) is -0.427. The fourth-order valence-corrected chi connectivity index (χ4v) is 4.92. The Morgan fingerprint density at radius 3 is 2.04 bits per heavy atom. The van der Waals surface area contributed by atoms with E-state index in [2.05, 4.69) is 15.9 Å². The van der Waals surface area contributed by atoms with Gasteiger partial charge >= 0.3 is 11.9 Å². The Kier molecular flexibility index (Phi) is 6.90. The van der Waals surface area contributed by atoms with Crippen LogP contribution in [0.2, 0.25) is 0 Å². The van der Waals surface area contributed by atoms with E-state index in [0.717, 1.165) is 0 Å². The zero-order chi connectivity index (χ0) is 19.2. The Morgan fingerprint density at radius 1 is 0.926 bits per heavy atom. The number of benzene rings is 2. The van der Waals surface area contributed by atoms with Gasteiger partial charge in [0.05, 0.1) is 16.4 Å². The molecule has 0 N–H and O–H groups in total. The summed E-state index contributed by atoms with van der Waals surface area (Å²) in [5.74, 6) is -1.07. The average Bonchev–Trinajstić information content (AvgIpc) is 3.02. The van der Waals surface area contributed by atoms with Crippen molar-refractivity contribution in [2.24, 2.45) is 0 Å². The molecule has 1 aliphatic heterocycles. The highest BCUT2D eigenvalue weighted by molar-refractivity contribution is 9.09. The molecule has 1 aliphatic rings. The maximum atomic E-state index is 14.8. The van der Waals surface area contributed by atoms with Crippen LogP contribution < -0.4 is 0 Å². The van der Waals surface area contributed by atoms with Crippen LogP contribution in [0.4, 0.5) is 4.39 Å². The van der Waals surface area contributed by atoms with Gasteiger partial charge in [0.15, 0.2) is 6.17 Å². The molecular formula is C20H18BrFO4S. The van der Waals surface area contributed by atoms with Crippen LogP contribution in [-0.2, 0) is 9.47 Å². The molecule has 1 heterocycles. The molecule has 0 spiro atoms. The van der Waals surface area contributed by atoms with Crippen LogP contribution in [0.25, 0.3) is 0 Å². The first-order valence-electron chi connectivity index (χ1n) is 8.44. The van der Waals surface area contributed by atoms with Gasteiger partial charge in [0.25, 0.3) is 0 Å². The molecule has 4 nitrogen and oxygen atoms in total. The molecule has 2 aromatic carbocycles. The van der Waals surface area contributed by atoms with Gasteiger partial charge < -0.3 is 9.47 Å². The molecule has 0 aliphatic carbocycles. The molecule has 0 amide bonds. The van der Waals surface area contributed by atoms with Crippen LogP contribution in [0.5, 0.6) is 0 Å². The number of esters is 2. The maximum absolute atomic E-state index is 14.8. The van der Waals surface area contributed by atoms with Gasteiger partial charge in [-0.1, -0.05) is 52.3 Å². The third-order valence-electron chi connectivity index (χ3n) is 4.18. The Hall–Kier alpha value is -1.86. The van der Waals surface area contributed by atoms with Gasteiger partial charge in [-0.25, -0.2) is 14.0 Å². The second-order valence-electron chi connectivity index (χ2n) is 6.01. The van der Waals surface area contributed by atoms with Crippen molar-refractivity contribution in [1.82, 2.24) is 0 Å². The van der Waals surface area contributed by atoms with Crippen LogP contribution in [0, 0.1) is 0 Å². The number of thioether (sulfide) groups is 1. The van der Waals surface area contributed by atoms with Crippen molar-refractivity contribution in [1.29, 1.82) is 0 Å². The third-order valence-corrected chi connectivity index (χ3v) is 6.83. The van der Waals surface area contributed by atoms with E-state index < -0.39 is 29.5 Å². The maximum Gasteiger partial charge on any atom is 0.338 e. The van der Waals surface area contributed by atoms with Gasteiger partial charge in [-0.15, -0.1) is 11.8 Å². The number of ether oxygens (including phenoxy) is 2. The monoisotopic (exact) mass is 452 g/mol. The van der Waals surface area contributed by atoms with Gasteiger partial charge in [-0.3, -0.25) is 0 Å². The van der Waals surface area contributed by atoms with E-state index in [1.807, 2.05) is 0 Å². The van der Waals surface area contributed by atoms with Gasteiger partial charge in [-0.05, 0) is 24.3 Å². The quantitative estimate of drug-likeness (QED) is 0.483. The molecule has 0 aromatic heterocycles. The Balaban J connectivity index is 1.66. The largest absolute Gasteiger partial charge is 0.461 e. The fraction of sp³-hybridized carbons (Fsp3) is 0.300. The van der Waals surface area contributed by atoms with E-state index in [9.17, 15) is 14.0 Å². The second-order valence-corrected chi connectivity index (χ2v) is 8.14. The number of hydrogen-bond donors (Lipinski definition) is 0. The van der Waals surface area contributed by atoms with Gasteiger partial charge in [-0.2, -0.15) is 0 Å². The summed E-state index contributed by atoms with van der Waals surface area (Å²) in [6.45, 7) is -0.0327. The van der Waals surface area contributed by atoms with Crippen LogP contribution in [0.15, 0.2) is 60.7 Å². The topological polar surface area (TPSA) is 52.6 Å². The van der Waals surface area contributed by atoms with Crippen LogP contribution >= 0.6 is 27.7 Å². The van der Waals surface area contributed by atoms with Gasteiger partial charge in [0.2, 0.25) is 0 Å². The lowest BCUT2D eigenvalue weighted by Crippen LogP contribution is -2.37. The minimum atomic E-state index is -1.34. The number of carbonyl (C=O) groups is 2. The molecule has 4 atom stereocenters. The molecule has 3 rings (SSSR count). The molecule has 1 unspecified atom stereocenters.